The van der Waals surface area contributed by atoms with Gasteiger partial charge in [0, 0.05) is 11.4 Å². The molecule has 6 heteroatoms. The molecule has 1 aromatic heterocycles. The van der Waals surface area contributed by atoms with Crippen LogP contribution < -0.4 is 0 Å². The van der Waals surface area contributed by atoms with Crippen LogP contribution in [0.1, 0.15) is 44.5 Å². The highest BCUT2D eigenvalue weighted by molar-refractivity contribution is 7.10. The fraction of sp³-hybridized carbons (Fsp3) is 0.278. The fourth-order valence-electron chi connectivity index (χ4n) is 3.45. The van der Waals surface area contributed by atoms with Crippen LogP contribution in [-0.4, -0.2) is 40.6 Å². The highest BCUT2D eigenvalue weighted by Gasteiger charge is 2.39. The molecule has 3 heterocycles. The van der Waals surface area contributed by atoms with Gasteiger partial charge in [-0.15, -0.1) is 11.3 Å². The van der Waals surface area contributed by atoms with E-state index in [-0.39, 0.29) is 30.3 Å². The number of thiophene rings is 1. The van der Waals surface area contributed by atoms with Crippen LogP contribution >= 0.6 is 11.3 Å². The van der Waals surface area contributed by atoms with E-state index in [1.54, 1.807) is 40.5 Å². The Hall–Kier alpha value is -2.47. The second-order valence-corrected chi connectivity index (χ2v) is 6.98. The molecule has 0 radical (unpaired) electrons. The van der Waals surface area contributed by atoms with Gasteiger partial charge in [-0.3, -0.25) is 19.3 Å². The van der Waals surface area contributed by atoms with E-state index in [4.69, 9.17) is 0 Å². The Labute approximate surface area is 143 Å². The van der Waals surface area contributed by atoms with E-state index in [1.165, 1.54) is 0 Å². The van der Waals surface area contributed by atoms with Crippen LogP contribution in [0.5, 0.6) is 0 Å². The van der Waals surface area contributed by atoms with Gasteiger partial charge in [-0.2, -0.15) is 0 Å². The summed E-state index contributed by atoms with van der Waals surface area (Å²) in [4.78, 5) is 41.6. The molecular weight excluding hydrogens is 324 g/mol. The average molecular weight is 340 g/mol. The predicted molar refractivity (Wildman–Crippen MR) is 89.8 cm³/mol. The third-order valence-electron chi connectivity index (χ3n) is 4.62. The maximum atomic E-state index is 12.7. The van der Waals surface area contributed by atoms with Crippen molar-refractivity contribution in [2.24, 2.45) is 0 Å². The molecule has 1 saturated heterocycles. The number of amides is 3. The summed E-state index contributed by atoms with van der Waals surface area (Å²) >= 11 is 1.63. The minimum atomic E-state index is -0.379. The number of likely N-dealkylation sites (tertiary alicyclic amines) is 1. The average Bonchev–Trinajstić information content (AvgIpc) is 3.31. The molecule has 2 aliphatic heterocycles. The Kier molecular flexibility index (Phi) is 3.69. The number of fused-ring (bicyclic) bond motifs is 1. The lowest BCUT2D eigenvalue weighted by molar-refractivity contribution is -0.132. The third-order valence-corrected chi connectivity index (χ3v) is 5.59. The Morgan fingerprint density at radius 3 is 2.42 bits per heavy atom. The van der Waals surface area contributed by atoms with E-state index in [0.717, 1.165) is 22.6 Å². The van der Waals surface area contributed by atoms with Crippen LogP contribution in [0.4, 0.5) is 0 Å². The summed E-state index contributed by atoms with van der Waals surface area (Å²) in [6.45, 7) is 0.485. The molecule has 0 aliphatic carbocycles. The first kappa shape index (κ1) is 15.1. The van der Waals surface area contributed by atoms with E-state index < -0.39 is 0 Å². The summed E-state index contributed by atoms with van der Waals surface area (Å²) in [5.41, 5.74) is 0.762. The minimum Gasteiger partial charge on any atom is -0.333 e. The second-order valence-electron chi connectivity index (χ2n) is 6.00. The van der Waals surface area contributed by atoms with Crippen LogP contribution in [0, 0.1) is 0 Å². The molecule has 2 aromatic rings. The van der Waals surface area contributed by atoms with Crippen molar-refractivity contribution < 1.29 is 14.4 Å². The molecule has 0 spiro atoms. The van der Waals surface area contributed by atoms with Crippen LogP contribution in [0.25, 0.3) is 0 Å². The van der Waals surface area contributed by atoms with Crippen molar-refractivity contribution in [1.82, 2.24) is 9.80 Å². The molecule has 5 nitrogen and oxygen atoms in total. The Balaban J connectivity index is 1.53. The van der Waals surface area contributed by atoms with Crippen molar-refractivity contribution in [3.8, 4) is 0 Å². The fourth-order valence-corrected chi connectivity index (χ4v) is 4.32. The van der Waals surface area contributed by atoms with E-state index >= 15 is 0 Å². The Morgan fingerprint density at radius 1 is 1.08 bits per heavy atom. The summed E-state index contributed by atoms with van der Waals surface area (Å²) in [6, 6.07) is 10.8. The normalized spacial score (nSPS) is 19.9. The first-order chi connectivity index (χ1) is 11.7. The molecule has 3 amide bonds. The zero-order valence-corrected chi connectivity index (χ0v) is 13.8. The quantitative estimate of drug-likeness (QED) is 0.807. The highest BCUT2D eigenvalue weighted by atomic mass is 32.1. The molecule has 2 aliphatic rings. The van der Waals surface area contributed by atoms with Crippen molar-refractivity contribution in [2.75, 3.05) is 13.1 Å². The molecule has 4 rings (SSSR count). The number of hydrogen-bond acceptors (Lipinski definition) is 4. The van der Waals surface area contributed by atoms with Crippen molar-refractivity contribution in [3.63, 3.8) is 0 Å². The SMILES string of the molecule is O=C1c2ccccc2C(=O)N1CC(=O)N1CCC[C@@H]1c1cccs1. The van der Waals surface area contributed by atoms with E-state index in [1.807, 2.05) is 17.5 Å². The lowest BCUT2D eigenvalue weighted by Crippen LogP contribution is -2.42. The van der Waals surface area contributed by atoms with Crippen LogP contribution in [0.15, 0.2) is 41.8 Å². The van der Waals surface area contributed by atoms with Crippen LogP contribution in [0.3, 0.4) is 0 Å². The smallest absolute Gasteiger partial charge is 0.262 e. The summed E-state index contributed by atoms with van der Waals surface area (Å²) < 4.78 is 0. The van der Waals surface area contributed by atoms with Gasteiger partial charge in [-0.25, -0.2) is 0 Å². The minimum absolute atomic E-state index is 0.0627. The van der Waals surface area contributed by atoms with Crippen LogP contribution in [0.2, 0.25) is 0 Å². The second kappa shape index (κ2) is 5.87. The molecule has 0 unspecified atom stereocenters. The number of rotatable bonds is 3. The number of imide groups is 1. The van der Waals surface area contributed by atoms with Gasteiger partial charge in [0.05, 0.1) is 17.2 Å². The van der Waals surface area contributed by atoms with Crippen molar-refractivity contribution in [2.45, 2.75) is 18.9 Å². The van der Waals surface area contributed by atoms with Gasteiger partial charge < -0.3 is 4.90 Å². The maximum absolute atomic E-state index is 12.7. The van der Waals surface area contributed by atoms with E-state index in [2.05, 4.69) is 0 Å². The monoisotopic (exact) mass is 340 g/mol. The summed E-state index contributed by atoms with van der Waals surface area (Å²) in [5.74, 6) is -0.924. The standard InChI is InChI=1S/C18H16N2O3S/c21-16(19-9-3-7-14(19)15-8-4-10-24-15)11-20-17(22)12-5-1-2-6-13(12)18(20)23/h1-2,4-6,8,10,14H,3,7,9,11H2/t14-/m1/s1. The van der Waals surface area contributed by atoms with Crippen molar-refractivity contribution >= 4 is 29.1 Å². The third kappa shape index (κ3) is 2.34. The zero-order valence-electron chi connectivity index (χ0n) is 13.0. The van der Waals surface area contributed by atoms with Crippen LogP contribution in [-0.2, 0) is 4.79 Å². The Morgan fingerprint density at radius 2 is 1.79 bits per heavy atom. The van der Waals surface area contributed by atoms with Gasteiger partial charge in [0.25, 0.3) is 11.8 Å². The number of hydrogen-bond donors (Lipinski definition) is 0. The van der Waals surface area contributed by atoms with Crippen molar-refractivity contribution in [1.29, 1.82) is 0 Å². The van der Waals surface area contributed by atoms with Gasteiger partial charge in [-0.1, -0.05) is 18.2 Å². The molecule has 24 heavy (non-hydrogen) atoms. The van der Waals surface area contributed by atoms with Crippen molar-refractivity contribution in [3.05, 3.63) is 57.8 Å². The van der Waals surface area contributed by atoms with Gasteiger partial charge in [0.15, 0.2) is 0 Å². The van der Waals surface area contributed by atoms with Gasteiger partial charge >= 0.3 is 0 Å². The number of benzene rings is 1. The maximum Gasteiger partial charge on any atom is 0.262 e. The van der Waals surface area contributed by atoms with E-state index in [0.29, 0.717) is 17.7 Å². The molecule has 1 aromatic carbocycles. The predicted octanol–water partition coefficient (Wildman–Crippen LogP) is 2.71. The topological polar surface area (TPSA) is 57.7 Å². The van der Waals surface area contributed by atoms with Gasteiger partial charge in [-0.05, 0) is 36.4 Å². The molecule has 0 saturated carbocycles. The lowest BCUT2D eigenvalue weighted by Gasteiger charge is -2.25. The highest BCUT2D eigenvalue weighted by Crippen LogP contribution is 2.34. The number of carbonyl (C=O) groups excluding carboxylic acids is 3. The largest absolute Gasteiger partial charge is 0.333 e. The lowest BCUT2D eigenvalue weighted by atomic mass is 10.1. The zero-order chi connectivity index (χ0) is 16.7. The molecular formula is C18H16N2O3S. The molecule has 0 N–H and O–H groups in total. The summed E-state index contributed by atoms with van der Waals surface area (Å²) in [7, 11) is 0. The molecule has 1 fully saturated rings. The Bertz CT molecular complexity index is 780. The number of nitrogens with zero attached hydrogens (tertiary/aromatic N) is 2. The molecule has 0 bridgehead atoms. The van der Waals surface area contributed by atoms with Gasteiger partial charge in [0.2, 0.25) is 5.91 Å². The van der Waals surface area contributed by atoms with E-state index in [9.17, 15) is 14.4 Å². The first-order valence-electron chi connectivity index (χ1n) is 7.95. The summed E-state index contributed by atoms with van der Waals surface area (Å²) in [5, 5.41) is 2.00. The molecule has 1 atom stereocenters. The number of carbonyl (C=O) groups is 3. The molecule has 122 valence electrons. The first-order valence-corrected chi connectivity index (χ1v) is 8.83. The summed E-state index contributed by atoms with van der Waals surface area (Å²) in [6.07, 6.45) is 1.87. The van der Waals surface area contributed by atoms with Gasteiger partial charge in [0.1, 0.15) is 6.54 Å².